The highest BCUT2D eigenvalue weighted by Crippen LogP contribution is 2.05. The Bertz CT molecular complexity index is 425. The lowest BCUT2D eigenvalue weighted by Gasteiger charge is -1.95. The van der Waals surface area contributed by atoms with Crippen LogP contribution in [0.2, 0.25) is 0 Å². The summed E-state index contributed by atoms with van der Waals surface area (Å²) in [5.74, 6) is -0.273. The SMILES string of the molecule is CCCCCCCC=CC=C/C=C/C/C=C/CC=CC(=O)OCC. The molecule has 0 heterocycles. The summed E-state index contributed by atoms with van der Waals surface area (Å²) in [7, 11) is 0. The van der Waals surface area contributed by atoms with Gasteiger partial charge >= 0.3 is 5.97 Å². The summed E-state index contributed by atoms with van der Waals surface area (Å²) < 4.78 is 4.80. The summed E-state index contributed by atoms with van der Waals surface area (Å²) in [6.07, 6.45) is 29.6. The number of allylic oxidation sites excluding steroid dienone is 9. The Kier molecular flexibility index (Phi) is 17.8. The zero-order valence-electron chi connectivity index (χ0n) is 15.5. The van der Waals surface area contributed by atoms with Crippen molar-refractivity contribution in [3.8, 4) is 0 Å². The van der Waals surface area contributed by atoms with Gasteiger partial charge in [-0.25, -0.2) is 4.79 Å². The number of hydrogen-bond donors (Lipinski definition) is 0. The van der Waals surface area contributed by atoms with Gasteiger partial charge in [0, 0.05) is 6.08 Å². The van der Waals surface area contributed by atoms with Crippen LogP contribution in [0.15, 0.2) is 60.8 Å². The molecule has 0 fully saturated rings. The molecule has 0 amide bonds. The van der Waals surface area contributed by atoms with Crippen LogP contribution in [0.4, 0.5) is 0 Å². The van der Waals surface area contributed by atoms with Gasteiger partial charge in [-0.3, -0.25) is 0 Å². The number of unbranched alkanes of at least 4 members (excludes halogenated alkanes) is 5. The second-order valence-corrected chi connectivity index (χ2v) is 5.54. The lowest BCUT2D eigenvalue weighted by atomic mass is 10.1. The first-order valence-corrected chi connectivity index (χ1v) is 9.27. The first-order valence-electron chi connectivity index (χ1n) is 9.27. The molecule has 0 radical (unpaired) electrons. The van der Waals surface area contributed by atoms with Crippen LogP contribution < -0.4 is 0 Å². The van der Waals surface area contributed by atoms with Crippen LogP contribution in [0.5, 0.6) is 0 Å². The van der Waals surface area contributed by atoms with Gasteiger partial charge in [-0.2, -0.15) is 0 Å². The lowest BCUT2D eigenvalue weighted by molar-refractivity contribution is -0.137. The van der Waals surface area contributed by atoms with E-state index < -0.39 is 0 Å². The van der Waals surface area contributed by atoms with E-state index in [4.69, 9.17) is 4.74 Å². The van der Waals surface area contributed by atoms with Crippen LogP contribution in [0.1, 0.15) is 65.2 Å². The molecule has 0 aromatic carbocycles. The zero-order valence-corrected chi connectivity index (χ0v) is 15.5. The van der Waals surface area contributed by atoms with E-state index in [2.05, 4.69) is 49.5 Å². The standard InChI is InChI=1S/C22H34O2/c1-3-5-6-7-8-9-10-11-12-13-14-15-16-17-18-19-20-21-22(23)24-4-2/h10-15,17-18,20-21H,3-9,16,19H2,1-2H3/b11-10?,13-12?,15-14+,18-17+,21-20?. The van der Waals surface area contributed by atoms with E-state index in [1.807, 2.05) is 12.2 Å². The number of carbonyl (C=O) groups excluding carboxylic acids is 1. The van der Waals surface area contributed by atoms with Gasteiger partial charge in [-0.05, 0) is 32.6 Å². The maximum Gasteiger partial charge on any atom is 0.330 e. The van der Waals surface area contributed by atoms with Crippen LogP contribution in [0.3, 0.4) is 0 Å². The molecule has 0 aliphatic carbocycles. The molecule has 0 N–H and O–H groups in total. The van der Waals surface area contributed by atoms with Gasteiger partial charge in [0.15, 0.2) is 0 Å². The van der Waals surface area contributed by atoms with Gasteiger partial charge in [0.05, 0.1) is 6.61 Å². The highest BCUT2D eigenvalue weighted by molar-refractivity contribution is 5.81. The second kappa shape index (κ2) is 19.2. The van der Waals surface area contributed by atoms with Crippen molar-refractivity contribution >= 4 is 5.97 Å². The van der Waals surface area contributed by atoms with Crippen molar-refractivity contribution in [3.05, 3.63) is 60.8 Å². The molecule has 0 rings (SSSR count). The zero-order chi connectivity index (χ0) is 17.7. The molecule has 0 saturated carbocycles. The third-order valence-electron chi connectivity index (χ3n) is 3.33. The Morgan fingerprint density at radius 3 is 2.12 bits per heavy atom. The van der Waals surface area contributed by atoms with E-state index in [1.54, 1.807) is 6.92 Å². The predicted molar refractivity (Wildman–Crippen MR) is 105 cm³/mol. The van der Waals surface area contributed by atoms with Crippen molar-refractivity contribution in [2.24, 2.45) is 0 Å². The Morgan fingerprint density at radius 1 is 0.750 bits per heavy atom. The summed E-state index contributed by atoms with van der Waals surface area (Å²) in [6, 6.07) is 0. The van der Waals surface area contributed by atoms with E-state index in [0.29, 0.717) is 6.61 Å². The van der Waals surface area contributed by atoms with Crippen molar-refractivity contribution in [2.75, 3.05) is 6.61 Å². The highest BCUT2D eigenvalue weighted by atomic mass is 16.5. The van der Waals surface area contributed by atoms with Crippen molar-refractivity contribution in [1.82, 2.24) is 0 Å². The fourth-order valence-electron chi connectivity index (χ4n) is 2.03. The minimum atomic E-state index is -0.273. The molecule has 0 atom stereocenters. The van der Waals surface area contributed by atoms with Crippen LogP contribution in [0, 0.1) is 0 Å². The van der Waals surface area contributed by atoms with Gasteiger partial charge in [-0.1, -0.05) is 87.3 Å². The van der Waals surface area contributed by atoms with Crippen molar-refractivity contribution in [2.45, 2.75) is 65.2 Å². The normalized spacial score (nSPS) is 12.6. The van der Waals surface area contributed by atoms with Gasteiger partial charge < -0.3 is 4.74 Å². The van der Waals surface area contributed by atoms with Crippen LogP contribution in [-0.4, -0.2) is 12.6 Å². The van der Waals surface area contributed by atoms with Crippen LogP contribution in [0.25, 0.3) is 0 Å². The smallest absolute Gasteiger partial charge is 0.330 e. The van der Waals surface area contributed by atoms with Gasteiger partial charge in [0.25, 0.3) is 0 Å². The summed E-state index contributed by atoms with van der Waals surface area (Å²) in [5, 5.41) is 0. The fraction of sp³-hybridized carbons (Fsp3) is 0.500. The maximum absolute atomic E-state index is 11.0. The Labute approximate surface area is 148 Å². The molecule has 2 heteroatoms. The first kappa shape index (κ1) is 22.2. The number of rotatable bonds is 14. The molecule has 0 aliphatic rings. The molecule has 0 spiro atoms. The fourth-order valence-corrected chi connectivity index (χ4v) is 2.03. The van der Waals surface area contributed by atoms with Crippen molar-refractivity contribution in [3.63, 3.8) is 0 Å². The molecule has 134 valence electrons. The molecule has 0 aliphatic heterocycles. The molecular weight excluding hydrogens is 296 g/mol. The minimum Gasteiger partial charge on any atom is -0.463 e. The van der Waals surface area contributed by atoms with E-state index in [-0.39, 0.29) is 5.97 Å². The Hall–Kier alpha value is -1.83. The number of esters is 1. The number of hydrogen-bond acceptors (Lipinski definition) is 2. The van der Waals surface area contributed by atoms with Gasteiger partial charge in [-0.15, -0.1) is 0 Å². The minimum absolute atomic E-state index is 0.273. The van der Waals surface area contributed by atoms with E-state index in [1.165, 1.54) is 44.6 Å². The molecule has 0 aromatic heterocycles. The topological polar surface area (TPSA) is 26.3 Å². The second-order valence-electron chi connectivity index (χ2n) is 5.54. The Morgan fingerprint density at radius 2 is 1.42 bits per heavy atom. The van der Waals surface area contributed by atoms with Crippen LogP contribution in [-0.2, 0) is 9.53 Å². The lowest BCUT2D eigenvalue weighted by Crippen LogP contribution is -1.98. The quantitative estimate of drug-likeness (QED) is 0.120. The highest BCUT2D eigenvalue weighted by Gasteiger charge is 1.90. The van der Waals surface area contributed by atoms with Gasteiger partial charge in [0.2, 0.25) is 0 Å². The molecule has 0 aromatic rings. The molecule has 0 saturated heterocycles. The van der Waals surface area contributed by atoms with E-state index in [9.17, 15) is 4.79 Å². The van der Waals surface area contributed by atoms with E-state index >= 15 is 0 Å². The van der Waals surface area contributed by atoms with Crippen LogP contribution >= 0.6 is 0 Å². The third-order valence-corrected chi connectivity index (χ3v) is 3.33. The molecule has 0 unspecified atom stereocenters. The summed E-state index contributed by atoms with van der Waals surface area (Å²) in [5.41, 5.74) is 0. The monoisotopic (exact) mass is 330 g/mol. The molecular formula is C22H34O2. The predicted octanol–water partition coefficient (Wildman–Crippen LogP) is 6.47. The number of ether oxygens (including phenoxy) is 1. The average molecular weight is 331 g/mol. The van der Waals surface area contributed by atoms with E-state index in [0.717, 1.165) is 12.8 Å². The van der Waals surface area contributed by atoms with Crippen molar-refractivity contribution in [1.29, 1.82) is 0 Å². The van der Waals surface area contributed by atoms with Gasteiger partial charge in [0.1, 0.15) is 0 Å². The largest absolute Gasteiger partial charge is 0.463 e. The third kappa shape index (κ3) is 18.2. The molecule has 2 nitrogen and oxygen atoms in total. The summed E-state index contributed by atoms with van der Waals surface area (Å²) in [6.45, 7) is 4.47. The van der Waals surface area contributed by atoms with Crippen molar-refractivity contribution < 1.29 is 9.53 Å². The average Bonchev–Trinajstić information content (AvgIpc) is 2.58. The summed E-state index contributed by atoms with van der Waals surface area (Å²) in [4.78, 5) is 11.0. The first-order chi connectivity index (χ1) is 11.8. The molecule has 24 heavy (non-hydrogen) atoms. The maximum atomic E-state index is 11.0. The summed E-state index contributed by atoms with van der Waals surface area (Å²) >= 11 is 0. The number of carbonyl (C=O) groups is 1. The Balaban J connectivity index is 3.56. The molecule has 0 bridgehead atoms.